The number of nitrogens with zero attached hydrogens (tertiary/aromatic N) is 1. The van der Waals surface area contributed by atoms with Gasteiger partial charge in [0.25, 0.3) is 0 Å². The average Bonchev–Trinajstić information content (AvgIpc) is 3.21. The maximum absolute atomic E-state index is 3.65. The molecule has 5 aromatic rings. The Hall–Kier alpha value is -2.88. The second-order valence-corrected chi connectivity index (χ2v) is 17.4. The van der Waals surface area contributed by atoms with Crippen molar-refractivity contribution in [2.24, 2.45) is 10.8 Å². The lowest BCUT2D eigenvalue weighted by molar-refractivity contribution is -0.0105. The van der Waals surface area contributed by atoms with Crippen molar-refractivity contribution in [3.05, 3.63) is 123 Å². The molecule has 1 nitrogen and oxygen atoms in total. The average molecular weight is 722 g/mol. The van der Waals surface area contributed by atoms with Crippen molar-refractivity contribution in [2.45, 2.75) is 78.6 Å². The summed E-state index contributed by atoms with van der Waals surface area (Å²) in [6, 6.07) is 36.0. The maximum Gasteiger partial charge on any atom is 0.0546 e. The van der Waals surface area contributed by atoms with Crippen LogP contribution in [0.3, 0.4) is 0 Å². The number of benzene rings is 5. The summed E-state index contributed by atoms with van der Waals surface area (Å²) < 4.78 is 2.14. The molecule has 0 amide bonds. The molecule has 2 aliphatic rings. The van der Waals surface area contributed by atoms with Crippen molar-refractivity contribution in [1.29, 1.82) is 0 Å². The van der Waals surface area contributed by atoms with Crippen LogP contribution in [0, 0.1) is 10.8 Å². The van der Waals surface area contributed by atoms with Gasteiger partial charge in [-0.2, -0.15) is 0 Å². The van der Waals surface area contributed by atoms with Gasteiger partial charge >= 0.3 is 0 Å². The first kappa shape index (κ1) is 30.8. The lowest BCUT2D eigenvalue weighted by Gasteiger charge is -2.56. The number of anilines is 3. The Morgan fingerprint density at radius 2 is 0.956 bits per heavy atom. The fourth-order valence-corrected chi connectivity index (χ4v) is 9.44. The highest BCUT2D eigenvalue weighted by Gasteiger charge is 2.72. The van der Waals surface area contributed by atoms with Crippen LogP contribution in [0.4, 0.5) is 17.1 Å². The van der Waals surface area contributed by atoms with Gasteiger partial charge in [0, 0.05) is 31.1 Å². The van der Waals surface area contributed by atoms with Gasteiger partial charge in [0.05, 0.1) is 5.69 Å². The number of hydrogen-bond acceptors (Lipinski definition) is 1. The molecule has 230 valence electrons. The van der Waals surface area contributed by atoms with Crippen molar-refractivity contribution in [1.82, 2.24) is 0 Å². The van der Waals surface area contributed by atoms with Crippen LogP contribution in [0.2, 0.25) is 0 Å². The molecule has 5 aromatic carbocycles. The lowest BCUT2D eigenvalue weighted by Crippen LogP contribution is -2.54. The maximum atomic E-state index is 3.65. The monoisotopic (exact) mass is 719 g/mol. The SMILES string of the molecule is CC1(C)c2cc(-c3cc(N(c4ccc(Br)cc4)c4ccc(Br)cc4)c4ccccc4c3)cc3c2C(C)(C1(C)C)C(C)(C)C3(C)C. The minimum atomic E-state index is 0.0240. The number of halogens is 2. The summed E-state index contributed by atoms with van der Waals surface area (Å²) in [6.07, 6.45) is 0. The highest BCUT2D eigenvalue weighted by Crippen LogP contribution is 2.76. The first-order valence-electron chi connectivity index (χ1n) is 16.1. The number of hydrogen-bond donors (Lipinski definition) is 0. The molecule has 45 heavy (non-hydrogen) atoms. The molecule has 0 bridgehead atoms. The fraction of sp³-hybridized carbons (Fsp3) is 0.333. The molecule has 0 saturated heterocycles. The van der Waals surface area contributed by atoms with Gasteiger partial charge in [0.2, 0.25) is 0 Å². The van der Waals surface area contributed by atoms with Crippen molar-refractivity contribution in [3.8, 4) is 11.1 Å². The van der Waals surface area contributed by atoms with E-state index in [9.17, 15) is 0 Å². The summed E-state index contributed by atoms with van der Waals surface area (Å²) >= 11 is 7.31. The van der Waals surface area contributed by atoms with Crippen molar-refractivity contribution in [3.63, 3.8) is 0 Å². The third-order valence-corrected chi connectivity index (χ3v) is 14.3. The standard InChI is InChI=1S/C42H43Br2N/c1-38(2)34-23-28(24-35-37(34)42(9,40(38,5)6)41(7,8)39(35,3)4)27-22-26-12-10-11-13-33(26)36(25-27)45(31-18-14-29(43)15-19-31)32-20-16-30(44)17-21-32/h10-25H,1-9H3. The summed E-state index contributed by atoms with van der Waals surface area (Å²) in [5.41, 5.74) is 10.9. The van der Waals surface area contributed by atoms with E-state index in [-0.39, 0.29) is 27.1 Å². The van der Waals surface area contributed by atoms with Crippen molar-refractivity contribution >= 4 is 59.7 Å². The molecule has 2 aliphatic carbocycles. The molecule has 0 N–H and O–H groups in total. The second kappa shape index (κ2) is 9.81. The predicted molar refractivity (Wildman–Crippen MR) is 200 cm³/mol. The van der Waals surface area contributed by atoms with E-state index in [0.717, 1.165) is 20.3 Å². The summed E-state index contributed by atoms with van der Waals surface area (Å²) in [5.74, 6) is 0. The Kier molecular flexibility index (Phi) is 6.71. The van der Waals surface area contributed by atoms with Gasteiger partial charge in [-0.15, -0.1) is 0 Å². The lowest BCUT2D eigenvalue weighted by atomic mass is 9.47. The quantitative estimate of drug-likeness (QED) is 0.179. The van der Waals surface area contributed by atoms with Crippen molar-refractivity contribution < 1.29 is 0 Å². The van der Waals surface area contributed by atoms with E-state index in [2.05, 4.69) is 196 Å². The Labute approximate surface area is 286 Å². The van der Waals surface area contributed by atoms with E-state index in [4.69, 9.17) is 0 Å². The molecular weight excluding hydrogens is 678 g/mol. The van der Waals surface area contributed by atoms with Gasteiger partial charge < -0.3 is 4.90 Å². The Morgan fingerprint density at radius 1 is 0.511 bits per heavy atom. The highest BCUT2D eigenvalue weighted by atomic mass is 79.9. The molecule has 0 atom stereocenters. The molecule has 0 unspecified atom stereocenters. The number of rotatable bonds is 4. The molecule has 3 heteroatoms. The first-order valence-corrected chi connectivity index (χ1v) is 17.7. The Bertz CT molecular complexity index is 1880. The van der Waals surface area contributed by atoms with Crippen LogP contribution in [0.5, 0.6) is 0 Å². The second-order valence-electron chi connectivity index (χ2n) is 15.6. The Morgan fingerprint density at radius 3 is 1.44 bits per heavy atom. The normalized spacial score (nSPS) is 19.4. The molecule has 7 rings (SSSR count). The smallest absolute Gasteiger partial charge is 0.0546 e. The molecule has 0 saturated carbocycles. The van der Waals surface area contributed by atoms with Gasteiger partial charge in [-0.3, -0.25) is 0 Å². The van der Waals surface area contributed by atoms with E-state index in [1.54, 1.807) is 5.56 Å². The van der Waals surface area contributed by atoms with Crippen LogP contribution in [-0.4, -0.2) is 0 Å². The van der Waals surface area contributed by atoms with E-state index in [1.165, 1.54) is 38.7 Å². The van der Waals surface area contributed by atoms with E-state index in [1.807, 2.05) is 0 Å². The van der Waals surface area contributed by atoms with E-state index >= 15 is 0 Å². The zero-order valence-electron chi connectivity index (χ0n) is 27.9. The molecule has 0 fully saturated rings. The molecule has 0 heterocycles. The van der Waals surface area contributed by atoms with Crippen LogP contribution < -0.4 is 4.90 Å². The van der Waals surface area contributed by atoms with Crippen LogP contribution in [0.1, 0.15) is 79.0 Å². The van der Waals surface area contributed by atoms with Gasteiger partial charge in [0.15, 0.2) is 0 Å². The zero-order chi connectivity index (χ0) is 32.3. The predicted octanol–water partition coefficient (Wildman–Crippen LogP) is 13.4. The number of fused-ring (bicyclic) bond motifs is 1. The molecule has 0 aliphatic heterocycles. The van der Waals surface area contributed by atoms with Crippen molar-refractivity contribution in [2.75, 3.05) is 4.90 Å². The minimum Gasteiger partial charge on any atom is -0.310 e. The van der Waals surface area contributed by atoms with Crippen LogP contribution in [-0.2, 0) is 16.2 Å². The third kappa shape index (κ3) is 3.96. The summed E-state index contributed by atoms with van der Waals surface area (Å²) in [5, 5.41) is 2.47. The van der Waals surface area contributed by atoms with Crippen LogP contribution >= 0.6 is 31.9 Å². The van der Waals surface area contributed by atoms with Crippen LogP contribution in [0.15, 0.2) is 106 Å². The molecular formula is C42H43Br2N. The van der Waals surface area contributed by atoms with Gasteiger partial charge in [-0.05, 0) is 116 Å². The molecule has 0 aromatic heterocycles. The summed E-state index contributed by atoms with van der Waals surface area (Å²) in [6.45, 7) is 22.5. The fourth-order valence-electron chi connectivity index (χ4n) is 8.91. The summed E-state index contributed by atoms with van der Waals surface area (Å²) in [4.78, 5) is 2.40. The first-order chi connectivity index (χ1) is 21.0. The minimum absolute atomic E-state index is 0.0240. The van der Waals surface area contributed by atoms with E-state index in [0.29, 0.717) is 0 Å². The van der Waals surface area contributed by atoms with Gasteiger partial charge in [0.1, 0.15) is 0 Å². The topological polar surface area (TPSA) is 3.24 Å². The van der Waals surface area contributed by atoms with Crippen LogP contribution in [0.25, 0.3) is 21.9 Å². The zero-order valence-corrected chi connectivity index (χ0v) is 31.1. The largest absolute Gasteiger partial charge is 0.310 e. The molecule has 0 spiro atoms. The summed E-state index contributed by atoms with van der Waals surface area (Å²) in [7, 11) is 0. The molecule has 0 radical (unpaired) electrons. The van der Waals surface area contributed by atoms with Gasteiger partial charge in [-0.1, -0.05) is 131 Å². The van der Waals surface area contributed by atoms with E-state index < -0.39 is 0 Å². The Balaban J connectivity index is 1.53. The highest BCUT2D eigenvalue weighted by molar-refractivity contribution is 9.10. The van der Waals surface area contributed by atoms with Gasteiger partial charge in [-0.25, -0.2) is 0 Å². The third-order valence-electron chi connectivity index (χ3n) is 13.2.